The number of hydrogen-bond donors (Lipinski definition) is 1. The lowest BCUT2D eigenvalue weighted by Gasteiger charge is -2.23. The Morgan fingerprint density at radius 2 is 2.05 bits per heavy atom. The number of amides is 2. The Morgan fingerprint density at radius 1 is 1.43 bits per heavy atom. The van der Waals surface area contributed by atoms with Crippen LogP contribution in [0, 0.1) is 17.2 Å². The number of nitrogens with zero attached hydrogens (tertiary/aromatic N) is 2. The molecule has 1 aromatic carbocycles. The maximum atomic E-state index is 12.8. The van der Waals surface area contributed by atoms with Crippen molar-refractivity contribution in [3.05, 3.63) is 29.8 Å². The van der Waals surface area contributed by atoms with E-state index in [4.69, 9.17) is 5.26 Å². The van der Waals surface area contributed by atoms with Crippen LogP contribution in [-0.4, -0.2) is 24.0 Å². The standard InChI is InChI=1S/C14H16F3N3O/c1-3-20(9-10(2)8-18)13(21)19-12-7-5-4-6-11(12)14(15,16)17/h4-7,10H,3,9H2,1-2H3,(H,19,21). The van der Waals surface area contributed by atoms with Crippen LogP contribution in [0.15, 0.2) is 24.3 Å². The molecule has 0 saturated carbocycles. The number of para-hydroxylation sites is 1. The van der Waals surface area contributed by atoms with E-state index < -0.39 is 23.7 Å². The maximum absolute atomic E-state index is 12.8. The largest absolute Gasteiger partial charge is 0.418 e. The van der Waals surface area contributed by atoms with Gasteiger partial charge in [-0.25, -0.2) is 4.79 Å². The molecule has 0 bridgehead atoms. The van der Waals surface area contributed by atoms with Crippen LogP contribution in [0.5, 0.6) is 0 Å². The normalized spacial score (nSPS) is 12.4. The van der Waals surface area contributed by atoms with Crippen LogP contribution in [0.1, 0.15) is 19.4 Å². The van der Waals surface area contributed by atoms with Gasteiger partial charge in [0.05, 0.1) is 23.2 Å². The minimum Gasteiger partial charge on any atom is -0.324 e. The van der Waals surface area contributed by atoms with E-state index in [-0.39, 0.29) is 12.2 Å². The minimum atomic E-state index is -4.54. The smallest absolute Gasteiger partial charge is 0.324 e. The zero-order valence-corrected chi connectivity index (χ0v) is 11.7. The lowest BCUT2D eigenvalue weighted by molar-refractivity contribution is -0.136. The molecule has 0 fully saturated rings. The third-order valence-electron chi connectivity index (χ3n) is 2.86. The fourth-order valence-corrected chi connectivity index (χ4v) is 1.76. The van der Waals surface area contributed by atoms with Crippen molar-refractivity contribution < 1.29 is 18.0 Å². The number of benzene rings is 1. The highest BCUT2D eigenvalue weighted by atomic mass is 19.4. The Morgan fingerprint density at radius 3 is 2.57 bits per heavy atom. The molecule has 2 amide bonds. The number of anilines is 1. The summed E-state index contributed by atoms with van der Waals surface area (Å²) in [6.45, 7) is 3.79. The molecule has 0 aliphatic rings. The van der Waals surface area contributed by atoms with Gasteiger partial charge in [0.15, 0.2) is 0 Å². The average molecular weight is 299 g/mol. The van der Waals surface area contributed by atoms with Crippen LogP contribution in [0.2, 0.25) is 0 Å². The molecule has 0 aromatic heterocycles. The van der Waals surface area contributed by atoms with Gasteiger partial charge in [-0.2, -0.15) is 18.4 Å². The molecule has 0 heterocycles. The molecule has 0 aliphatic heterocycles. The van der Waals surface area contributed by atoms with Gasteiger partial charge in [-0.1, -0.05) is 12.1 Å². The van der Waals surface area contributed by atoms with Gasteiger partial charge in [0.1, 0.15) is 0 Å². The van der Waals surface area contributed by atoms with Crippen molar-refractivity contribution in [3.8, 4) is 6.07 Å². The van der Waals surface area contributed by atoms with Crippen LogP contribution < -0.4 is 5.32 Å². The van der Waals surface area contributed by atoms with Crippen molar-refractivity contribution in [2.24, 2.45) is 5.92 Å². The third-order valence-corrected chi connectivity index (χ3v) is 2.86. The Bertz CT molecular complexity index is 537. The lowest BCUT2D eigenvalue weighted by Crippen LogP contribution is -2.38. The topological polar surface area (TPSA) is 56.1 Å². The number of carbonyl (C=O) groups is 1. The molecule has 1 N–H and O–H groups in total. The van der Waals surface area contributed by atoms with E-state index in [0.717, 1.165) is 6.07 Å². The van der Waals surface area contributed by atoms with Crippen LogP contribution in [0.4, 0.5) is 23.7 Å². The Balaban J connectivity index is 2.90. The van der Waals surface area contributed by atoms with E-state index in [0.29, 0.717) is 6.54 Å². The molecule has 0 aliphatic carbocycles. The molecule has 21 heavy (non-hydrogen) atoms. The van der Waals surface area contributed by atoms with Gasteiger partial charge in [0.25, 0.3) is 0 Å². The van der Waals surface area contributed by atoms with Gasteiger partial charge in [-0.15, -0.1) is 0 Å². The molecular weight excluding hydrogens is 283 g/mol. The van der Waals surface area contributed by atoms with Crippen molar-refractivity contribution >= 4 is 11.7 Å². The van der Waals surface area contributed by atoms with E-state index in [1.807, 2.05) is 6.07 Å². The van der Waals surface area contributed by atoms with E-state index in [1.165, 1.54) is 23.1 Å². The van der Waals surface area contributed by atoms with Crippen molar-refractivity contribution in [3.63, 3.8) is 0 Å². The molecule has 0 radical (unpaired) electrons. The molecular formula is C14H16F3N3O. The molecule has 0 spiro atoms. The van der Waals surface area contributed by atoms with Gasteiger partial charge in [-0.05, 0) is 26.0 Å². The molecule has 4 nitrogen and oxygen atoms in total. The fourth-order valence-electron chi connectivity index (χ4n) is 1.76. The Hall–Kier alpha value is -2.23. The van der Waals surface area contributed by atoms with Crippen LogP contribution in [-0.2, 0) is 6.18 Å². The highest BCUT2D eigenvalue weighted by molar-refractivity contribution is 5.90. The number of carbonyl (C=O) groups excluding carboxylic acids is 1. The average Bonchev–Trinajstić information content (AvgIpc) is 2.43. The van der Waals surface area contributed by atoms with Crippen LogP contribution in [0.3, 0.4) is 0 Å². The summed E-state index contributed by atoms with van der Waals surface area (Å²) < 4.78 is 38.5. The lowest BCUT2D eigenvalue weighted by atomic mass is 10.1. The highest BCUT2D eigenvalue weighted by Gasteiger charge is 2.33. The first kappa shape index (κ1) is 16.8. The summed E-state index contributed by atoms with van der Waals surface area (Å²) in [7, 11) is 0. The molecule has 7 heteroatoms. The number of urea groups is 1. The van der Waals surface area contributed by atoms with E-state index in [1.54, 1.807) is 13.8 Å². The van der Waals surface area contributed by atoms with Crippen molar-refractivity contribution in [2.75, 3.05) is 18.4 Å². The zero-order chi connectivity index (χ0) is 16.0. The monoisotopic (exact) mass is 299 g/mol. The van der Waals surface area contributed by atoms with Crippen LogP contribution in [0.25, 0.3) is 0 Å². The van der Waals surface area contributed by atoms with Crippen LogP contribution >= 0.6 is 0 Å². The Kier molecular flexibility index (Phi) is 5.59. The maximum Gasteiger partial charge on any atom is 0.418 e. The first-order chi connectivity index (χ1) is 9.79. The fraction of sp³-hybridized carbons (Fsp3) is 0.429. The molecule has 114 valence electrons. The number of nitrogens with one attached hydrogen (secondary N) is 1. The van der Waals surface area contributed by atoms with Crippen molar-refractivity contribution in [1.29, 1.82) is 5.26 Å². The zero-order valence-electron chi connectivity index (χ0n) is 11.7. The van der Waals surface area contributed by atoms with Gasteiger partial charge in [-0.3, -0.25) is 0 Å². The molecule has 1 atom stereocenters. The minimum absolute atomic E-state index is 0.160. The molecule has 1 unspecified atom stereocenters. The number of hydrogen-bond acceptors (Lipinski definition) is 2. The van der Waals surface area contributed by atoms with Gasteiger partial charge in [0.2, 0.25) is 0 Å². The summed E-state index contributed by atoms with van der Waals surface area (Å²) >= 11 is 0. The summed E-state index contributed by atoms with van der Waals surface area (Å²) in [5.41, 5.74) is -1.19. The van der Waals surface area contributed by atoms with Gasteiger partial charge >= 0.3 is 12.2 Å². The second-order valence-electron chi connectivity index (χ2n) is 4.54. The van der Waals surface area contributed by atoms with Crippen molar-refractivity contribution in [1.82, 2.24) is 4.90 Å². The van der Waals surface area contributed by atoms with Gasteiger partial charge in [0, 0.05) is 13.1 Å². The predicted octanol–water partition coefficient (Wildman–Crippen LogP) is 3.72. The number of nitriles is 1. The molecule has 1 aromatic rings. The van der Waals surface area contributed by atoms with Crippen molar-refractivity contribution in [2.45, 2.75) is 20.0 Å². The summed E-state index contributed by atoms with van der Waals surface area (Å²) in [6.07, 6.45) is -4.54. The SMILES string of the molecule is CCN(CC(C)C#N)C(=O)Nc1ccccc1C(F)(F)F. The molecule has 0 saturated heterocycles. The number of rotatable bonds is 4. The highest BCUT2D eigenvalue weighted by Crippen LogP contribution is 2.34. The number of alkyl halides is 3. The van der Waals surface area contributed by atoms with Gasteiger partial charge < -0.3 is 10.2 Å². The summed E-state index contributed by atoms with van der Waals surface area (Å²) in [4.78, 5) is 13.3. The van der Waals surface area contributed by atoms with E-state index in [2.05, 4.69) is 5.32 Å². The first-order valence-corrected chi connectivity index (χ1v) is 6.41. The summed E-state index contributed by atoms with van der Waals surface area (Å²) in [5, 5.41) is 11.0. The van der Waals surface area contributed by atoms with E-state index >= 15 is 0 Å². The van der Waals surface area contributed by atoms with E-state index in [9.17, 15) is 18.0 Å². The summed E-state index contributed by atoms with van der Waals surface area (Å²) in [6, 6.07) is 6.10. The first-order valence-electron chi connectivity index (χ1n) is 6.41. The predicted molar refractivity (Wildman–Crippen MR) is 72.5 cm³/mol. The number of halogens is 3. The Labute approximate surface area is 121 Å². The third kappa shape index (κ3) is 4.67. The molecule has 1 rings (SSSR count). The summed E-state index contributed by atoms with van der Waals surface area (Å²) in [5.74, 6) is -0.395. The quantitative estimate of drug-likeness (QED) is 0.921. The second-order valence-corrected chi connectivity index (χ2v) is 4.54. The second kappa shape index (κ2) is 6.97.